The highest BCUT2D eigenvalue weighted by Crippen LogP contribution is 2.22. The fourth-order valence-corrected chi connectivity index (χ4v) is 2.05. The highest BCUT2D eigenvalue weighted by atomic mass is 16.6. The molecule has 1 heterocycles. The molecule has 0 saturated heterocycles. The largest absolute Gasteiger partial charge is 0.444 e. The number of hydrogen-bond donors (Lipinski definition) is 0. The number of hydrogen-bond acceptors (Lipinski definition) is 4. The Morgan fingerprint density at radius 2 is 1.76 bits per heavy atom. The maximum Gasteiger partial charge on any atom is 0.269 e. The number of oxazole rings is 1. The van der Waals surface area contributed by atoms with Gasteiger partial charge in [-0.05, 0) is 17.7 Å². The van der Waals surface area contributed by atoms with Crippen LogP contribution in [0, 0.1) is 10.1 Å². The molecule has 0 aliphatic carbocycles. The Balaban J connectivity index is 1.80. The van der Waals surface area contributed by atoms with Gasteiger partial charge in [0, 0.05) is 24.1 Å². The van der Waals surface area contributed by atoms with Crippen LogP contribution in [0.15, 0.2) is 65.3 Å². The smallest absolute Gasteiger partial charge is 0.269 e. The predicted octanol–water partition coefficient (Wildman–Crippen LogP) is 3.84. The quantitative estimate of drug-likeness (QED) is 0.537. The number of nitrogens with zero attached hydrogens (tertiary/aromatic N) is 2. The van der Waals surface area contributed by atoms with Crippen LogP contribution in [0.1, 0.15) is 11.3 Å². The molecule has 0 radical (unpaired) electrons. The summed E-state index contributed by atoms with van der Waals surface area (Å²) in [6, 6.07) is 16.1. The van der Waals surface area contributed by atoms with E-state index in [1.54, 1.807) is 18.4 Å². The molecule has 0 fully saturated rings. The first-order valence-electron chi connectivity index (χ1n) is 6.45. The van der Waals surface area contributed by atoms with Crippen molar-refractivity contribution < 1.29 is 9.34 Å². The van der Waals surface area contributed by atoms with E-state index in [2.05, 4.69) is 4.98 Å². The maximum absolute atomic E-state index is 10.6. The molecule has 0 amide bonds. The van der Waals surface area contributed by atoms with Crippen molar-refractivity contribution in [3.05, 3.63) is 82.2 Å². The second kappa shape index (κ2) is 5.58. The molecule has 21 heavy (non-hydrogen) atoms. The van der Waals surface area contributed by atoms with E-state index in [9.17, 15) is 10.1 Å². The lowest BCUT2D eigenvalue weighted by Gasteiger charge is -1.96. The van der Waals surface area contributed by atoms with Crippen LogP contribution >= 0.6 is 0 Å². The number of benzene rings is 2. The molecule has 0 spiro atoms. The van der Waals surface area contributed by atoms with Gasteiger partial charge in [-0.25, -0.2) is 4.98 Å². The van der Waals surface area contributed by atoms with Gasteiger partial charge in [-0.15, -0.1) is 0 Å². The van der Waals surface area contributed by atoms with Crippen molar-refractivity contribution in [1.29, 1.82) is 0 Å². The van der Waals surface area contributed by atoms with Crippen LogP contribution in [0.4, 0.5) is 5.69 Å². The summed E-state index contributed by atoms with van der Waals surface area (Å²) >= 11 is 0. The van der Waals surface area contributed by atoms with Crippen LogP contribution in [0.2, 0.25) is 0 Å². The second-order valence-corrected chi connectivity index (χ2v) is 4.61. The van der Waals surface area contributed by atoms with Crippen molar-refractivity contribution in [3.63, 3.8) is 0 Å². The van der Waals surface area contributed by atoms with Crippen molar-refractivity contribution in [2.24, 2.45) is 0 Å². The normalized spacial score (nSPS) is 10.5. The molecule has 0 aliphatic heterocycles. The SMILES string of the molecule is O=[N+]([O-])c1ccc(-c2nc(Cc3ccccc3)co2)cc1. The monoisotopic (exact) mass is 280 g/mol. The van der Waals surface area contributed by atoms with Gasteiger partial charge in [0.25, 0.3) is 5.69 Å². The van der Waals surface area contributed by atoms with E-state index in [4.69, 9.17) is 4.42 Å². The molecule has 0 aliphatic rings. The highest BCUT2D eigenvalue weighted by molar-refractivity contribution is 5.55. The molecule has 3 rings (SSSR count). The Hall–Kier alpha value is -2.95. The van der Waals surface area contributed by atoms with Gasteiger partial charge in [-0.3, -0.25) is 10.1 Å². The third-order valence-electron chi connectivity index (χ3n) is 3.10. The standard InChI is InChI=1S/C16H12N2O3/c19-18(20)15-8-6-13(7-9-15)16-17-14(11-21-16)10-12-4-2-1-3-5-12/h1-9,11H,10H2. The van der Waals surface area contributed by atoms with Crippen molar-refractivity contribution in [1.82, 2.24) is 4.98 Å². The molecule has 3 aromatic rings. The van der Waals surface area contributed by atoms with Gasteiger partial charge in [0.05, 0.1) is 10.6 Å². The first-order valence-corrected chi connectivity index (χ1v) is 6.45. The molecule has 0 unspecified atom stereocenters. The maximum atomic E-state index is 10.6. The summed E-state index contributed by atoms with van der Waals surface area (Å²) in [5.74, 6) is 0.468. The minimum atomic E-state index is -0.430. The summed E-state index contributed by atoms with van der Waals surface area (Å²) < 4.78 is 5.44. The summed E-state index contributed by atoms with van der Waals surface area (Å²) in [6.45, 7) is 0. The average Bonchev–Trinajstić information content (AvgIpc) is 2.97. The Bertz CT molecular complexity index is 749. The zero-order valence-corrected chi connectivity index (χ0v) is 11.1. The Kier molecular flexibility index (Phi) is 3.47. The zero-order valence-electron chi connectivity index (χ0n) is 11.1. The summed E-state index contributed by atoms with van der Waals surface area (Å²) in [4.78, 5) is 14.6. The van der Waals surface area contributed by atoms with Crippen molar-refractivity contribution in [2.45, 2.75) is 6.42 Å². The summed E-state index contributed by atoms with van der Waals surface area (Å²) in [5.41, 5.74) is 2.75. The summed E-state index contributed by atoms with van der Waals surface area (Å²) in [5, 5.41) is 10.6. The molecule has 0 N–H and O–H groups in total. The van der Waals surface area contributed by atoms with Crippen LogP contribution in [-0.4, -0.2) is 9.91 Å². The zero-order chi connectivity index (χ0) is 14.7. The first-order chi connectivity index (χ1) is 10.2. The van der Waals surface area contributed by atoms with Gasteiger partial charge in [-0.2, -0.15) is 0 Å². The van der Waals surface area contributed by atoms with Crippen molar-refractivity contribution in [2.75, 3.05) is 0 Å². The van der Waals surface area contributed by atoms with Gasteiger partial charge in [0.15, 0.2) is 0 Å². The minimum absolute atomic E-state index is 0.0508. The number of aromatic nitrogens is 1. The van der Waals surface area contributed by atoms with Crippen molar-refractivity contribution in [3.8, 4) is 11.5 Å². The average molecular weight is 280 g/mol. The van der Waals surface area contributed by atoms with E-state index in [0.717, 1.165) is 16.8 Å². The van der Waals surface area contributed by atoms with E-state index < -0.39 is 4.92 Å². The minimum Gasteiger partial charge on any atom is -0.444 e. The third-order valence-corrected chi connectivity index (χ3v) is 3.10. The van der Waals surface area contributed by atoms with Crippen molar-refractivity contribution >= 4 is 5.69 Å². The lowest BCUT2D eigenvalue weighted by atomic mass is 10.1. The van der Waals surface area contributed by atoms with Gasteiger partial charge in [0.1, 0.15) is 6.26 Å². The van der Waals surface area contributed by atoms with Crippen LogP contribution in [0.25, 0.3) is 11.5 Å². The second-order valence-electron chi connectivity index (χ2n) is 4.61. The van der Waals surface area contributed by atoms with Gasteiger partial charge in [0.2, 0.25) is 5.89 Å². The van der Waals surface area contributed by atoms with Gasteiger partial charge >= 0.3 is 0 Å². The van der Waals surface area contributed by atoms with Crippen LogP contribution in [0.5, 0.6) is 0 Å². The molecular formula is C16H12N2O3. The third kappa shape index (κ3) is 2.97. The number of non-ortho nitro benzene ring substituents is 1. The lowest BCUT2D eigenvalue weighted by Crippen LogP contribution is -1.89. The van der Waals surface area contributed by atoms with E-state index in [1.165, 1.54) is 12.1 Å². The molecule has 5 heteroatoms. The Morgan fingerprint density at radius 3 is 2.43 bits per heavy atom. The molecule has 0 bridgehead atoms. The Labute approximate surface area is 121 Å². The lowest BCUT2D eigenvalue weighted by molar-refractivity contribution is -0.384. The number of rotatable bonds is 4. The number of nitro groups is 1. The number of nitro benzene ring substituents is 1. The molecule has 104 valence electrons. The van der Waals surface area contributed by atoms with E-state index in [0.29, 0.717) is 12.3 Å². The molecule has 5 nitrogen and oxygen atoms in total. The topological polar surface area (TPSA) is 69.2 Å². The van der Waals surface area contributed by atoms with Gasteiger partial charge in [-0.1, -0.05) is 30.3 Å². The fraction of sp³-hybridized carbons (Fsp3) is 0.0625. The van der Waals surface area contributed by atoms with Crippen LogP contribution < -0.4 is 0 Å². The Morgan fingerprint density at radius 1 is 1.05 bits per heavy atom. The molecular weight excluding hydrogens is 268 g/mol. The van der Waals surface area contributed by atoms with Crippen LogP contribution in [0.3, 0.4) is 0 Å². The molecule has 0 atom stereocenters. The predicted molar refractivity (Wildman–Crippen MR) is 77.8 cm³/mol. The summed E-state index contributed by atoms with van der Waals surface area (Å²) in [7, 11) is 0. The van der Waals surface area contributed by atoms with E-state index in [-0.39, 0.29) is 5.69 Å². The highest BCUT2D eigenvalue weighted by Gasteiger charge is 2.10. The fourth-order valence-electron chi connectivity index (χ4n) is 2.05. The summed E-state index contributed by atoms with van der Waals surface area (Å²) in [6.07, 6.45) is 2.31. The van der Waals surface area contributed by atoms with Gasteiger partial charge < -0.3 is 4.42 Å². The molecule has 0 saturated carbocycles. The van der Waals surface area contributed by atoms with Crippen LogP contribution in [-0.2, 0) is 6.42 Å². The molecule has 1 aromatic heterocycles. The first kappa shape index (κ1) is 13.1. The van der Waals surface area contributed by atoms with E-state index in [1.807, 2.05) is 30.3 Å². The molecule has 2 aromatic carbocycles. The van der Waals surface area contributed by atoms with E-state index >= 15 is 0 Å².